The maximum Gasteiger partial charge on any atom is 0.333 e. The summed E-state index contributed by atoms with van der Waals surface area (Å²) in [4.78, 5) is 12.0. The van der Waals surface area contributed by atoms with Crippen LogP contribution >= 0.6 is 34.5 Å². The van der Waals surface area contributed by atoms with Gasteiger partial charge in [0.2, 0.25) is 0 Å². The third-order valence-electron chi connectivity index (χ3n) is 3.14. The molecule has 3 aromatic rings. The van der Waals surface area contributed by atoms with Crippen LogP contribution in [-0.4, -0.2) is 14.4 Å². The van der Waals surface area contributed by atoms with Gasteiger partial charge in [-0.25, -0.2) is 17.9 Å². The van der Waals surface area contributed by atoms with Crippen LogP contribution in [0.1, 0.15) is 0 Å². The van der Waals surface area contributed by atoms with Crippen molar-refractivity contribution in [3.05, 3.63) is 57.9 Å². The SMILES string of the molecule is O=C(Nc1ccc(Cl)c(Cl)c1)NS(=O)(=O)c1csc2ccccc12. The van der Waals surface area contributed by atoms with E-state index in [0.717, 1.165) is 4.70 Å². The monoisotopic (exact) mass is 400 g/mol. The molecule has 24 heavy (non-hydrogen) atoms. The average Bonchev–Trinajstić information content (AvgIpc) is 2.95. The van der Waals surface area contributed by atoms with E-state index < -0.39 is 16.1 Å². The first-order valence-corrected chi connectivity index (χ1v) is 9.74. The van der Waals surface area contributed by atoms with Crippen LogP contribution in [0.15, 0.2) is 52.7 Å². The van der Waals surface area contributed by atoms with E-state index >= 15 is 0 Å². The fourth-order valence-electron chi connectivity index (χ4n) is 2.07. The number of amides is 2. The minimum Gasteiger partial charge on any atom is -0.307 e. The molecule has 2 amide bonds. The first-order chi connectivity index (χ1) is 11.4. The molecule has 0 radical (unpaired) electrons. The van der Waals surface area contributed by atoms with Gasteiger partial charge < -0.3 is 5.32 Å². The Labute approximate surface area is 152 Å². The standard InChI is InChI=1S/C15H10Cl2N2O3S2/c16-11-6-5-9(7-12(11)17)18-15(20)19-24(21,22)14-8-23-13-4-2-1-3-10(13)14/h1-8H,(H2,18,19,20). The second-order valence-corrected chi connectivity index (χ2v) is 8.16. The number of fused-ring (bicyclic) bond motifs is 1. The summed E-state index contributed by atoms with van der Waals surface area (Å²) in [5.41, 5.74) is 0.326. The maximum absolute atomic E-state index is 12.4. The number of sulfonamides is 1. The topological polar surface area (TPSA) is 75.3 Å². The first-order valence-electron chi connectivity index (χ1n) is 6.62. The lowest BCUT2D eigenvalue weighted by atomic mass is 10.3. The molecule has 0 saturated carbocycles. The van der Waals surface area contributed by atoms with Crippen molar-refractivity contribution in [1.29, 1.82) is 0 Å². The minimum atomic E-state index is -3.99. The van der Waals surface area contributed by atoms with Crippen LogP contribution in [0.2, 0.25) is 10.0 Å². The molecule has 2 aromatic carbocycles. The van der Waals surface area contributed by atoms with Gasteiger partial charge in [-0.2, -0.15) is 0 Å². The van der Waals surface area contributed by atoms with E-state index in [4.69, 9.17) is 23.2 Å². The Morgan fingerprint density at radius 2 is 1.79 bits per heavy atom. The Morgan fingerprint density at radius 3 is 2.54 bits per heavy atom. The lowest BCUT2D eigenvalue weighted by Gasteiger charge is -2.09. The highest BCUT2D eigenvalue weighted by Gasteiger charge is 2.21. The van der Waals surface area contributed by atoms with Gasteiger partial charge >= 0.3 is 6.03 Å². The number of halogens is 2. The summed E-state index contributed by atoms with van der Waals surface area (Å²) in [7, 11) is -3.99. The Hall–Kier alpha value is -1.80. The molecule has 0 bridgehead atoms. The van der Waals surface area contributed by atoms with Crippen molar-refractivity contribution in [3.8, 4) is 0 Å². The van der Waals surface area contributed by atoms with Crippen LogP contribution in [0.5, 0.6) is 0 Å². The van der Waals surface area contributed by atoms with E-state index in [2.05, 4.69) is 5.32 Å². The number of rotatable bonds is 3. The number of hydrogen-bond acceptors (Lipinski definition) is 4. The number of hydrogen-bond donors (Lipinski definition) is 2. The van der Waals surface area contributed by atoms with Crippen LogP contribution in [0.3, 0.4) is 0 Å². The zero-order valence-electron chi connectivity index (χ0n) is 11.9. The Balaban J connectivity index is 1.81. The number of benzene rings is 2. The summed E-state index contributed by atoms with van der Waals surface area (Å²) in [6.07, 6.45) is 0. The highest BCUT2D eigenvalue weighted by atomic mass is 35.5. The van der Waals surface area contributed by atoms with Gasteiger partial charge in [0.05, 0.1) is 10.0 Å². The smallest absolute Gasteiger partial charge is 0.307 e. The van der Waals surface area contributed by atoms with E-state index in [-0.39, 0.29) is 9.92 Å². The van der Waals surface area contributed by atoms with Gasteiger partial charge in [0, 0.05) is 21.2 Å². The number of thiophene rings is 1. The quantitative estimate of drug-likeness (QED) is 0.667. The molecular weight excluding hydrogens is 391 g/mol. The third kappa shape index (κ3) is 3.49. The highest BCUT2D eigenvalue weighted by Crippen LogP contribution is 2.29. The van der Waals surface area contributed by atoms with E-state index in [1.807, 2.05) is 16.9 Å². The number of carbonyl (C=O) groups is 1. The Morgan fingerprint density at radius 1 is 1.04 bits per heavy atom. The summed E-state index contributed by atoms with van der Waals surface area (Å²) in [5, 5.41) is 5.06. The van der Waals surface area contributed by atoms with Gasteiger partial charge in [-0.3, -0.25) is 0 Å². The summed E-state index contributed by atoms with van der Waals surface area (Å²) in [6.45, 7) is 0. The molecule has 1 aromatic heterocycles. The van der Waals surface area contributed by atoms with Gasteiger partial charge in [0.15, 0.2) is 0 Å². The number of urea groups is 1. The number of nitrogens with one attached hydrogen (secondary N) is 2. The second kappa shape index (κ2) is 6.60. The minimum absolute atomic E-state index is 0.0624. The lowest BCUT2D eigenvalue weighted by molar-refractivity contribution is 0.256. The molecular formula is C15H10Cl2N2O3S2. The van der Waals surface area contributed by atoms with Crippen molar-refractivity contribution < 1.29 is 13.2 Å². The van der Waals surface area contributed by atoms with Gasteiger partial charge in [-0.15, -0.1) is 11.3 Å². The molecule has 0 fully saturated rings. The molecule has 9 heteroatoms. The Bertz CT molecular complexity index is 1030. The van der Waals surface area contributed by atoms with Crippen molar-refractivity contribution in [1.82, 2.24) is 4.72 Å². The van der Waals surface area contributed by atoms with Crippen LogP contribution in [0, 0.1) is 0 Å². The molecule has 1 heterocycles. The molecule has 0 aliphatic heterocycles. The highest BCUT2D eigenvalue weighted by molar-refractivity contribution is 7.90. The molecule has 0 aliphatic carbocycles. The summed E-state index contributed by atoms with van der Waals surface area (Å²) in [5.74, 6) is 0. The second-order valence-electron chi connectivity index (χ2n) is 4.78. The zero-order chi connectivity index (χ0) is 17.3. The first kappa shape index (κ1) is 17.0. The van der Waals surface area contributed by atoms with Gasteiger partial charge in [0.25, 0.3) is 10.0 Å². The number of carbonyl (C=O) groups excluding carboxylic acids is 1. The maximum atomic E-state index is 12.4. The lowest BCUT2D eigenvalue weighted by Crippen LogP contribution is -2.34. The predicted octanol–water partition coefficient (Wildman–Crippen LogP) is 4.72. The summed E-state index contributed by atoms with van der Waals surface area (Å²) >= 11 is 12.9. The molecule has 5 nitrogen and oxygen atoms in total. The van der Waals surface area contributed by atoms with Crippen LogP contribution in [-0.2, 0) is 10.0 Å². The summed E-state index contributed by atoms with van der Waals surface area (Å²) in [6, 6.07) is 10.6. The van der Waals surface area contributed by atoms with E-state index in [1.165, 1.54) is 34.9 Å². The molecule has 2 N–H and O–H groups in total. The van der Waals surface area contributed by atoms with Crippen LogP contribution in [0.4, 0.5) is 10.5 Å². The van der Waals surface area contributed by atoms with Gasteiger partial charge in [-0.05, 0) is 24.3 Å². The average molecular weight is 401 g/mol. The molecule has 0 unspecified atom stereocenters. The predicted molar refractivity (Wildman–Crippen MR) is 97.6 cm³/mol. The normalized spacial score (nSPS) is 11.4. The van der Waals surface area contributed by atoms with E-state index in [9.17, 15) is 13.2 Å². The van der Waals surface area contributed by atoms with E-state index in [0.29, 0.717) is 16.1 Å². The fraction of sp³-hybridized carbons (Fsp3) is 0. The van der Waals surface area contributed by atoms with Crippen molar-refractivity contribution >= 4 is 66.4 Å². The van der Waals surface area contributed by atoms with Gasteiger partial charge in [0.1, 0.15) is 4.90 Å². The third-order valence-corrected chi connectivity index (χ3v) is 6.36. The number of anilines is 1. The fourth-order valence-corrected chi connectivity index (χ4v) is 4.78. The zero-order valence-corrected chi connectivity index (χ0v) is 15.1. The Kier molecular flexibility index (Phi) is 4.69. The molecule has 0 aliphatic rings. The molecule has 0 saturated heterocycles. The van der Waals surface area contributed by atoms with Crippen molar-refractivity contribution in [2.24, 2.45) is 0 Å². The van der Waals surface area contributed by atoms with Crippen molar-refractivity contribution in [3.63, 3.8) is 0 Å². The van der Waals surface area contributed by atoms with Crippen molar-refractivity contribution in [2.45, 2.75) is 4.90 Å². The molecule has 0 atom stereocenters. The van der Waals surface area contributed by atoms with Gasteiger partial charge in [-0.1, -0.05) is 41.4 Å². The van der Waals surface area contributed by atoms with E-state index in [1.54, 1.807) is 12.1 Å². The summed E-state index contributed by atoms with van der Waals surface area (Å²) < 4.78 is 27.6. The largest absolute Gasteiger partial charge is 0.333 e. The molecule has 124 valence electrons. The molecule has 0 spiro atoms. The van der Waals surface area contributed by atoms with Crippen LogP contribution < -0.4 is 10.0 Å². The van der Waals surface area contributed by atoms with Crippen LogP contribution in [0.25, 0.3) is 10.1 Å². The van der Waals surface area contributed by atoms with Crippen molar-refractivity contribution in [2.75, 3.05) is 5.32 Å². The molecule has 3 rings (SSSR count).